The lowest BCUT2D eigenvalue weighted by molar-refractivity contribution is -0.134. The van der Waals surface area contributed by atoms with Crippen molar-refractivity contribution in [1.29, 1.82) is 0 Å². The van der Waals surface area contributed by atoms with Crippen LogP contribution in [0.2, 0.25) is 0 Å². The average Bonchev–Trinajstić information content (AvgIpc) is 3.32. The van der Waals surface area contributed by atoms with Crippen LogP contribution in [-0.2, 0) is 27.9 Å². The highest BCUT2D eigenvalue weighted by Crippen LogP contribution is 2.36. The third-order valence-corrected chi connectivity index (χ3v) is 7.43. The number of methoxy groups -OCH3 is 1. The Hall–Kier alpha value is -4.29. The maximum atomic E-state index is 16.0. The number of carbonyl (C=O) groups excluding carboxylic acids is 2. The molecule has 1 aliphatic carbocycles. The molecule has 1 fully saturated rings. The average molecular weight is 530 g/mol. The van der Waals surface area contributed by atoms with Gasteiger partial charge in [0, 0.05) is 42.0 Å². The van der Waals surface area contributed by atoms with Crippen LogP contribution in [-0.4, -0.2) is 28.8 Å². The van der Waals surface area contributed by atoms with E-state index in [-0.39, 0.29) is 12.5 Å². The van der Waals surface area contributed by atoms with Crippen LogP contribution in [0.4, 0.5) is 14.5 Å². The third kappa shape index (κ3) is 5.33. The van der Waals surface area contributed by atoms with Crippen LogP contribution >= 0.6 is 0 Å². The summed E-state index contributed by atoms with van der Waals surface area (Å²) in [5.41, 5.74) is 2.30. The number of hydrogen-bond acceptors (Lipinski definition) is 5. The molecular weight excluding hydrogens is 500 g/mol. The van der Waals surface area contributed by atoms with Gasteiger partial charge in [-0.25, -0.2) is 18.4 Å². The van der Waals surface area contributed by atoms with E-state index in [0.717, 1.165) is 32.1 Å². The quantitative estimate of drug-likeness (QED) is 0.156. The summed E-state index contributed by atoms with van der Waals surface area (Å²) in [6.07, 6.45) is 9.01. The van der Waals surface area contributed by atoms with E-state index in [0.29, 0.717) is 44.2 Å². The van der Waals surface area contributed by atoms with Gasteiger partial charge >= 0.3 is 5.97 Å². The van der Waals surface area contributed by atoms with Gasteiger partial charge in [-0.3, -0.25) is 4.68 Å². The number of rotatable bonds is 7. The first-order chi connectivity index (χ1) is 18.9. The molecule has 1 aromatic heterocycles. The first-order valence-electron chi connectivity index (χ1n) is 13.0. The summed E-state index contributed by atoms with van der Waals surface area (Å²) in [5, 5.41) is 6.03. The van der Waals surface area contributed by atoms with Crippen LogP contribution in [0.15, 0.2) is 60.4 Å². The molecular formula is C31H29F2N3O3. The third-order valence-electron chi connectivity index (χ3n) is 7.43. The standard InChI is InChI=1S/C31H29F2N3O3/c1-35-31-24(17-34-35)15-22-9-6-10-23(29(22)30(31)33)18-36(27(19-37)21-7-4-3-5-8-21)26-14-20(13-25(32)16-26)11-12-28(38)39-2/h6,9-17,21H,3-5,7-8,18H2,1-2H3/b12-11+. The van der Waals surface area contributed by atoms with Gasteiger partial charge in [-0.05, 0) is 59.7 Å². The number of halogens is 2. The molecule has 0 saturated heterocycles. The van der Waals surface area contributed by atoms with Crippen molar-refractivity contribution in [2.24, 2.45) is 13.0 Å². The van der Waals surface area contributed by atoms with Gasteiger partial charge < -0.3 is 9.64 Å². The van der Waals surface area contributed by atoms with Crippen LogP contribution < -0.4 is 4.90 Å². The van der Waals surface area contributed by atoms with Crippen LogP contribution in [0.25, 0.3) is 27.8 Å². The van der Waals surface area contributed by atoms with Crippen molar-refractivity contribution in [2.75, 3.05) is 12.0 Å². The second-order valence-corrected chi connectivity index (χ2v) is 9.92. The fraction of sp³-hybridized carbons (Fsp3) is 0.290. The summed E-state index contributed by atoms with van der Waals surface area (Å²) in [6, 6.07) is 11.7. The molecule has 0 spiro atoms. The van der Waals surface area contributed by atoms with Crippen LogP contribution in [0.1, 0.15) is 43.2 Å². The van der Waals surface area contributed by atoms with Crippen molar-refractivity contribution in [2.45, 2.75) is 38.6 Å². The summed E-state index contributed by atoms with van der Waals surface area (Å²) < 4.78 is 37.0. The Bertz CT molecular complexity index is 1630. The highest BCUT2D eigenvalue weighted by Gasteiger charge is 2.27. The number of aryl methyl sites for hydroxylation is 1. The van der Waals surface area contributed by atoms with Crippen molar-refractivity contribution in [1.82, 2.24) is 9.78 Å². The van der Waals surface area contributed by atoms with Gasteiger partial charge in [0.1, 0.15) is 23.0 Å². The van der Waals surface area contributed by atoms with E-state index in [2.05, 4.69) is 15.8 Å². The molecule has 5 rings (SSSR count). The van der Waals surface area contributed by atoms with Crippen LogP contribution in [0, 0.1) is 17.6 Å². The molecule has 0 N–H and O–H groups in total. The van der Waals surface area contributed by atoms with Gasteiger partial charge in [-0.1, -0.05) is 37.5 Å². The number of ether oxygens (including phenoxy) is 1. The first kappa shape index (κ1) is 26.3. The zero-order valence-corrected chi connectivity index (χ0v) is 21.9. The highest BCUT2D eigenvalue weighted by molar-refractivity contribution is 5.99. The van der Waals surface area contributed by atoms with E-state index in [9.17, 15) is 14.0 Å². The molecule has 200 valence electrons. The number of fused-ring (bicyclic) bond motifs is 2. The van der Waals surface area contributed by atoms with E-state index in [1.54, 1.807) is 24.2 Å². The van der Waals surface area contributed by atoms with Crippen molar-refractivity contribution in [3.05, 3.63) is 83.2 Å². The molecule has 1 aliphatic rings. The monoisotopic (exact) mass is 529 g/mol. The van der Waals surface area contributed by atoms with Crippen molar-refractivity contribution in [3.63, 3.8) is 0 Å². The number of hydrogen-bond donors (Lipinski definition) is 0. The molecule has 39 heavy (non-hydrogen) atoms. The molecule has 0 aliphatic heterocycles. The molecule has 1 heterocycles. The van der Waals surface area contributed by atoms with Gasteiger partial charge in [0.2, 0.25) is 0 Å². The Kier molecular flexibility index (Phi) is 7.57. The van der Waals surface area contributed by atoms with Crippen molar-refractivity contribution >= 4 is 45.3 Å². The second-order valence-electron chi connectivity index (χ2n) is 9.92. The van der Waals surface area contributed by atoms with Gasteiger partial charge in [-0.2, -0.15) is 5.10 Å². The Labute approximate surface area is 225 Å². The topological polar surface area (TPSA) is 64.4 Å². The molecule has 6 nitrogen and oxygen atoms in total. The molecule has 8 heteroatoms. The summed E-state index contributed by atoms with van der Waals surface area (Å²) >= 11 is 0. The lowest BCUT2D eigenvalue weighted by Crippen LogP contribution is -2.29. The summed E-state index contributed by atoms with van der Waals surface area (Å²) in [4.78, 5) is 25.9. The Morgan fingerprint density at radius 2 is 1.95 bits per heavy atom. The maximum Gasteiger partial charge on any atom is 0.330 e. The molecule has 3 aromatic carbocycles. The molecule has 0 atom stereocenters. The SMILES string of the molecule is COC(=O)/C=C/c1cc(F)cc(N(Cc2cccc3cc4cnn(C)c4c(F)c23)C(=C=O)C2CCCCC2)c1. The molecule has 0 unspecified atom stereocenters. The number of nitrogens with zero attached hydrogens (tertiary/aromatic N) is 3. The van der Waals surface area contributed by atoms with Gasteiger partial charge in [0.25, 0.3) is 0 Å². The zero-order valence-electron chi connectivity index (χ0n) is 21.9. The number of esters is 1. The van der Waals surface area contributed by atoms with Gasteiger partial charge in [0.15, 0.2) is 5.82 Å². The lowest BCUT2D eigenvalue weighted by atomic mass is 9.86. The normalized spacial score (nSPS) is 14.2. The first-order valence-corrected chi connectivity index (χ1v) is 13.0. The fourth-order valence-electron chi connectivity index (χ4n) is 5.56. The number of carbonyl (C=O) groups is 1. The van der Waals surface area contributed by atoms with E-state index in [1.807, 2.05) is 24.3 Å². The molecule has 4 aromatic rings. The van der Waals surface area contributed by atoms with Crippen molar-refractivity contribution in [3.8, 4) is 0 Å². The van der Waals surface area contributed by atoms with E-state index in [1.165, 1.54) is 36.1 Å². The largest absolute Gasteiger partial charge is 0.466 e. The Morgan fingerprint density at radius 3 is 2.69 bits per heavy atom. The lowest BCUT2D eigenvalue weighted by Gasteiger charge is -2.32. The van der Waals surface area contributed by atoms with Crippen molar-refractivity contribution < 1.29 is 23.1 Å². The minimum absolute atomic E-state index is 0.0443. The van der Waals surface area contributed by atoms with E-state index >= 15 is 4.39 Å². The molecule has 1 saturated carbocycles. The number of aromatic nitrogens is 2. The van der Waals surface area contributed by atoms with Crippen LogP contribution in [0.3, 0.4) is 0 Å². The minimum atomic E-state index is -0.568. The smallest absolute Gasteiger partial charge is 0.330 e. The second kappa shape index (κ2) is 11.2. The zero-order chi connectivity index (χ0) is 27.5. The fourth-order valence-corrected chi connectivity index (χ4v) is 5.56. The number of allylic oxidation sites excluding steroid dienone is 1. The van der Waals surface area contributed by atoms with E-state index in [4.69, 9.17) is 0 Å². The minimum Gasteiger partial charge on any atom is -0.466 e. The highest BCUT2D eigenvalue weighted by atomic mass is 19.1. The number of anilines is 1. The Balaban J connectivity index is 1.65. The predicted molar refractivity (Wildman–Crippen MR) is 148 cm³/mol. The molecule has 0 bridgehead atoms. The molecule has 0 radical (unpaired) electrons. The van der Waals surface area contributed by atoms with Crippen LogP contribution in [0.5, 0.6) is 0 Å². The summed E-state index contributed by atoms with van der Waals surface area (Å²) in [7, 11) is 2.96. The number of benzene rings is 3. The summed E-state index contributed by atoms with van der Waals surface area (Å²) in [6.45, 7) is 0.127. The van der Waals surface area contributed by atoms with Gasteiger partial charge in [0.05, 0.1) is 13.3 Å². The Morgan fingerprint density at radius 1 is 1.15 bits per heavy atom. The molecule has 0 amide bonds. The maximum absolute atomic E-state index is 16.0. The summed E-state index contributed by atoms with van der Waals surface area (Å²) in [5.74, 6) is 0.618. The predicted octanol–water partition coefficient (Wildman–Crippen LogP) is 6.49. The van der Waals surface area contributed by atoms with E-state index < -0.39 is 17.6 Å². The van der Waals surface area contributed by atoms with Gasteiger partial charge in [-0.15, -0.1) is 0 Å².